The maximum atomic E-state index is 13.6. The van der Waals surface area contributed by atoms with Crippen molar-refractivity contribution < 1.29 is 24.3 Å². The minimum Gasteiger partial charge on any atom is -0.502 e. The first-order valence-electron chi connectivity index (χ1n) is 10.6. The van der Waals surface area contributed by atoms with Gasteiger partial charge in [0.15, 0.2) is 4.80 Å². The molecular weight excluding hydrogens is 474 g/mol. The van der Waals surface area contributed by atoms with E-state index in [1.54, 1.807) is 38.1 Å². The summed E-state index contributed by atoms with van der Waals surface area (Å²) in [5, 5.41) is 21.5. The van der Waals surface area contributed by atoms with Crippen LogP contribution in [0.2, 0.25) is 0 Å². The lowest BCUT2D eigenvalue weighted by atomic mass is 9.95. The van der Waals surface area contributed by atoms with E-state index >= 15 is 0 Å². The Morgan fingerprint density at radius 2 is 2.03 bits per heavy atom. The molecule has 180 valence electrons. The number of fused-ring (bicyclic) bond motifs is 1. The number of aromatic nitrogens is 1. The van der Waals surface area contributed by atoms with E-state index in [1.807, 2.05) is 0 Å². The van der Waals surface area contributed by atoms with E-state index in [-0.39, 0.29) is 22.3 Å². The summed E-state index contributed by atoms with van der Waals surface area (Å²) in [5.41, 5.74) is 0.320. The van der Waals surface area contributed by atoms with E-state index in [0.29, 0.717) is 21.8 Å². The number of allylic oxidation sites excluding steroid dienone is 1. The zero-order valence-corrected chi connectivity index (χ0v) is 19.9. The zero-order valence-electron chi connectivity index (χ0n) is 19.0. The highest BCUT2D eigenvalue weighted by Gasteiger charge is 2.35. The highest BCUT2D eigenvalue weighted by molar-refractivity contribution is 7.07. The maximum absolute atomic E-state index is 13.6. The number of aromatic hydroxyl groups is 1. The number of nitro benzene ring substituents is 1. The van der Waals surface area contributed by atoms with Crippen LogP contribution in [0, 0.1) is 10.1 Å². The van der Waals surface area contributed by atoms with Crippen molar-refractivity contribution in [3.8, 4) is 11.5 Å². The topological polar surface area (TPSA) is 133 Å². The Labute approximate surface area is 202 Å². The molecule has 3 aromatic rings. The van der Waals surface area contributed by atoms with Gasteiger partial charge >= 0.3 is 11.7 Å². The van der Waals surface area contributed by atoms with E-state index in [9.17, 15) is 24.8 Å². The third-order valence-electron chi connectivity index (χ3n) is 5.48. The number of methoxy groups -OCH3 is 1. The molecule has 0 aliphatic carbocycles. The Kier molecular flexibility index (Phi) is 6.52. The van der Waals surface area contributed by atoms with Gasteiger partial charge < -0.3 is 14.6 Å². The minimum absolute atomic E-state index is 0.111. The summed E-state index contributed by atoms with van der Waals surface area (Å²) in [5.74, 6) is -0.678. The molecule has 10 nitrogen and oxygen atoms in total. The summed E-state index contributed by atoms with van der Waals surface area (Å²) in [6.45, 7) is 3.50. The van der Waals surface area contributed by atoms with Gasteiger partial charge in [0.05, 0.1) is 34.4 Å². The van der Waals surface area contributed by atoms with Gasteiger partial charge in [-0.25, -0.2) is 9.79 Å². The van der Waals surface area contributed by atoms with Crippen molar-refractivity contribution in [3.05, 3.63) is 94.7 Å². The lowest BCUT2D eigenvalue weighted by molar-refractivity contribution is -0.385. The van der Waals surface area contributed by atoms with E-state index < -0.39 is 33.9 Å². The summed E-state index contributed by atoms with van der Waals surface area (Å²) in [6, 6.07) is 10.2. The van der Waals surface area contributed by atoms with Gasteiger partial charge in [-0.1, -0.05) is 41.7 Å². The molecule has 0 unspecified atom stereocenters. The molecule has 0 spiro atoms. The van der Waals surface area contributed by atoms with Crippen molar-refractivity contribution in [3.63, 3.8) is 0 Å². The number of benzene rings is 2. The molecule has 1 aliphatic rings. The quantitative estimate of drug-likeness (QED) is 0.315. The molecule has 0 radical (unpaired) electrons. The first-order valence-corrected chi connectivity index (χ1v) is 11.4. The number of phenols is 1. The number of rotatable bonds is 6. The molecule has 0 amide bonds. The van der Waals surface area contributed by atoms with Crippen molar-refractivity contribution in [1.29, 1.82) is 0 Å². The third-order valence-corrected chi connectivity index (χ3v) is 6.46. The van der Waals surface area contributed by atoms with Crippen LogP contribution < -0.4 is 19.6 Å². The summed E-state index contributed by atoms with van der Waals surface area (Å²) >= 11 is 1.04. The SMILES string of the molecule is CCOC(=O)C1=C(C)N=c2sc(=Cc3cccc([N+](=O)[O-])c3O)c(=O)n2[C@H]1c1ccccc1OC. The molecule has 1 aliphatic heterocycles. The average molecular weight is 496 g/mol. The van der Waals surface area contributed by atoms with Crippen LogP contribution in [-0.2, 0) is 9.53 Å². The highest BCUT2D eigenvalue weighted by Crippen LogP contribution is 2.35. The molecule has 1 aromatic heterocycles. The monoisotopic (exact) mass is 495 g/mol. The van der Waals surface area contributed by atoms with Crippen molar-refractivity contribution in [2.24, 2.45) is 4.99 Å². The fourth-order valence-electron chi connectivity index (χ4n) is 3.93. The van der Waals surface area contributed by atoms with Gasteiger partial charge in [0, 0.05) is 17.2 Å². The number of carbonyl (C=O) groups excluding carboxylic acids is 1. The lowest BCUT2D eigenvalue weighted by Gasteiger charge is -2.25. The molecule has 0 saturated carbocycles. The van der Waals surface area contributed by atoms with Crippen LogP contribution in [0.3, 0.4) is 0 Å². The number of para-hydroxylation sites is 2. The normalized spacial score (nSPS) is 15.4. The van der Waals surface area contributed by atoms with Gasteiger partial charge in [-0.05, 0) is 26.0 Å². The number of carbonyl (C=O) groups is 1. The number of hydrogen-bond donors (Lipinski definition) is 1. The van der Waals surface area contributed by atoms with Gasteiger partial charge in [0.1, 0.15) is 11.8 Å². The first kappa shape index (κ1) is 23.9. The Balaban J connectivity index is 2.00. The van der Waals surface area contributed by atoms with Crippen LogP contribution in [-0.4, -0.2) is 34.3 Å². The summed E-state index contributed by atoms with van der Waals surface area (Å²) in [7, 11) is 1.49. The molecule has 11 heteroatoms. The fourth-order valence-corrected chi connectivity index (χ4v) is 4.97. The van der Waals surface area contributed by atoms with Crippen molar-refractivity contribution in [2.75, 3.05) is 13.7 Å². The zero-order chi connectivity index (χ0) is 25.3. The van der Waals surface area contributed by atoms with Crippen LogP contribution in [0.15, 0.2) is 63.5 Å². The molecule has 1 atom stereocenters. The standard InChI is InChI=1S/C24H21N3O7S/c1-4-34-23(30)19-13(2)25-24-26(20(19)15-9-5-6-11-17(15)33-3)22(29)18(35-24)12-14-8-7-10-16(21(14)28)27(31)32/h5-12,20,28H,4H2,1-3H3/t20-/m0/s1. The molecule has 1 N–H and O–H groups in total. The van der Waals surface area contributed by atoms with Gasteiger partial charge in [0.25, 0.3) is 5.56 Å². The highest BCUT2D eigenvalue weighted by atomic mass is 32.1. The predicted octanol–water partition coefficient (Wildman–Crippen LogP) is 2.42. The average Bonchev–Trinajstić information content (AvgIpc) is 3.13. The molecule has 2 heterocycles. The van der Waals surface area contributed by atoms with E-state index in [0.717, 1.165) is 11.3 Å². The van der Waals surface area contributed by atoms with E-state index in [2.05, 4.69) is 4.99 Å². The number of hydrogen-bond acceptors (Lipinski definition) is 9. The number of thiazole rings is 1. The van der Waals surface area contributed by atoms with Crippen LogP contribution in [0.4, 0.5) is 5.69 Å². The van der Waals surface area contributed by atoms with Crippen LogP contribution in [0.1, 0.15) is 31.0 Å². The van der Waals surface area contributed by atoms with Gasteiger partial charge in [-0.15, -0.1) is 0 Å². The molecule has 2 aromatic carbocycles. The molecule has 0 fully saturated rings. The predicted molar refractivity (Wildman–Crippen MR) is 128 cm³/mol. The largest absolute Gasteiger partial charge is 0.502 e. The Morgan fingerprint density at radius 1 is 1.29 bits per heavy atom. The third kappa shape index (κ3) is 4.21. The number of esters is 1. The molecular formula is C24H21N3O7S. The van der Waals surface area contributed by atoms with Gasteiger partial charge in [-0.2, -0.15) is 0 Å². The van der Waals surface area contributed by atoms with Crippen LogP contribution in [0.25, 0.3) is 6.08 Å². The number of phenolic OH excluding ortho intramolecular Hbond substituents is 1. The van der Waals surface area contributed by atoms with Crippen LogP contribution >= 0.6 is 11.3 Å². The molecule has 4 rings (SSSR count). The molecule has 0 bridgehead atoms. The number of nitro groups is 1. The minimum atomic E-state index is -0.873. The summed E-state index contributed by atoms with van der Waals surface area (Å²) < 4.78 is 12.3. The van der Waals surface area contributed by atoms with Gasteiger partial charge in [-0.3, -0.25) is 19.5 Å². The smallest absolute Gasteiger partial charge is 0.338 e. The number of ether oxygens (including phenoxy) is 2. The van der Waals surface area contributed by atoms with Crippen molar-refractivity contribution in [1.82, 2.24) is 4.57 Å². The lowest BCUT2D eigenvalue weighted by Crippen LogP contribution is -2.40. The van der Waals surface area contributed by atoms with Crippen molar-refractivity contribution >= 4 is 29.1 Å². The molecule has 35 heavy (non-hydrogen) atoms. The van der Waals surface area contributed by atoms with Crippen LogP contribution in [0.5, 0.6) is 11.5 Å². The van der Waals surface area contributed by atoms with E-state index in [1.165, 1.54) is 36.0 Å². The summed E-state index contributed by atoms with van der Waals surface area (Å²) in [4.78, 5) is 41.9. The van der Waals surface area contributed by atoms with E-state index in [4.69, 9.17) is 9.47 Å². The summed E-state index contributed by atoms with van der Waals surface area (Å²) in [6.07, 6.45) is 1.37. The number of nitrogens with zero attached hydrogens (tertiary/aromatic N) is 3. The van der Waals surface area contributed by atoms with Crippen molar-refractivity contribution in [2.45, 2.75) is 19.9 Å². The Morgan fingerprint density at radius 3 is 2.71 bits per heavy atom. The van der Waals surface area contributed by atoms with Gasteiger partial charge in [0.2, 0.25) is 5.75 Å². The second-order valence-electron chi connectivity index (χ2n) is 7.52. The second-order valence-corrected chi connectivity index (χ2v) is 8.53. The Hall–Kier alpha value is -4.25. The Bertz CT molecular complexity index is 1550. The molecule has 0 saturated heterocycles. The second kappa shape index (κ2) is 9.55. The first-order chi connectivity index (χ1) is 16.8. The fraction of sp³-hybridized carbons (Fsp3) is 0.208. The maximum Gasteiger partial charge on any atom is 0.338 e.